The fourth-order valence-electron chi connectivity index (χ4n) is 2.76. The number of aryl methyl sites for hydroxylation is 1. The average molecular weight is 278 g/mol. The zero-order chi connectivity index (χ0) is 13.6. The molecule has 2 heterocycles. The largest absolute Gasteiger partial charge is 0.320 e. The van der Waals surface area contributed by atoms with Crippen molar-refractivity contribution in [3.05, 3.63) is 21.9 Å². The second-order valence-corrected chi connectivity index (χ2v) is 7.57. The molecule has 19 heavy (non-hydrogen) atoms. The Morgan fingerprint density at radius 2 is 2.21 bits per heavy atom. The number of carbonyl (C=O) groups is 1. The molecule has 0 bridgehead atoms. The first-order valence-corrected chi connectivity index (χ1v) is 7.97. The van der Waals surface area contributed by atoms with E-state index in [0.29, 0.717) is 5.41 Å². The number of carbonyl (C=O) groups excluding carboxylic acids is 1. The van der Waals surface area contributed by atoms with Crippen molar-refractivity contribution in [2.24, 2.45) is 5.41 Å². The fourth-order valence-corrected chi connectivity index (χ4v) is 3.71. The van der Waals surface area contributed by atoms with Gasteiger partial charge >= 0.3 is 0 Å². The minimum absolute atomic E-state index is 0.00486. The first-order chi connectivity index (χ1) is 9.02. The van der Waals surface area contributed by atoms with Crippen LogP contribution in [0, 0.1) is 12.3 Å². The summed E-state index contributed by atoms with van der Waals surface area (Å²) in [6, 6.07) is 4.29. The monoisotopic (exact) mass is 278 g/mol. The minimum Gasteiger partial charge on any atom is -0.320 e. The van der Waals surface area contributed by atoms with E-state index in [1.807, 2.05) is 0 Å². The van der Waals surface area contributed by atoms with Crippen LogP contribution >= 0.6 is 11.3 Å². The molecule has 104 valence electrons. The van der Waals surface area contributed by atoms with Crippen molar-refractivity contribution in [1.29, 1.82) is 0 Å². The van der Waals surface area contributed by atoms with E-state index in [9.17, 15) is 4.79 Å². The van der Waals surface area contributed by atoms with Gasteiger partial charge in [0.1, 0.15) is 6.17 Å². The topological polar surface area (TPSA) is 32.3 Å². The van der Waals surface area contributed by atoms with Gasteiger partial charge in [0.05, 0.1) is 6.04 Å². The molecule has 3 rings (SSSR count). The number of amides is 1. The second kappa shape index (κ2) is 4.60. The Balaban J connectivity index is 1.85. The van der Waals surface area contributed by atoms with E-state index in [4.69, 9.17) is 0 Å². The van der Waals surface area contributed by atoms with Crippen LogP contribution in [0.15, 0.2) is 12.1 Å². The van der Waals surface area contributed by atoms with Crippen molar-refractivity contribution < 1.29 is 4.79 Å². The molecule has 4 heteroatoms. The van der Waals surface area contributed by atoms with Crippen molar-refractivity contribution in [2.75, 3.05) is 6.54 Å². The van der Waals surface area contributed by atoms with Gasteiger partial charge in [-0.25, -0.2) is 0 Å². The van der Waals surface area contributed by atoms with Crippen LogP contribution in [0.5, 0.6) is 0 Å². The molecule has 2 unspecified atom stereocenters. The number of nitrogens with one attached hydrogen (secondary N) is 1. The molecule has 1 amide bonds. The lowest BCUT2D eigenvalue weighted by Gasteiger charge is -2.26. The molecule has 1 aliphatic carbocycles. The summed E-state index contributed by atoms with van der Waals surface area (Å²) < 4.78 is 0. The molecule has 0 spiro atoms. The third-order valence-corrected chi connectivity index (χ3v) is 5.40. The van der Waals surface area contributed by atoms with Crippen LogP contribution in [-0.2, 0) is 4.79 Å². The quantitative estimate of drug-likeness (QED) is 0.918. The Labute approximate surface area is 119 Å². The first kappa shape index (κ1) is 13.1. The van der Waals surface area contributed by atoms with Crippen molar-refractivity contribution >= 4 is 17.2 Å². The molecule has 1 saturated carbocycles. The lowest BCUT2D eigenvalue weighted by Crippen LogP contribution is -2.35. The predicted octanol–water partition coefficient (Wildman–Crippen LogP) is 3.07. The molecule has 1 aliphatic heterocycles. The summed E-state index contributed by atoms with van der Waals surface area (Å²) in [6.45, 7) is 7.39. The molecule has 0 radical (unpaired) electrons. The third kappa shape index (κ3) is 2.43. The first-order valence-electron chi connectivity index (χ1n) is 7.15. The van der Waals surface area contributed by atoms with Crippen molar-refractivity contribution in [1.82, 2.24) is 10.2 Å². The van der Waals surface area contributed by atoms with Gasteiger partial charge in [-0.3, -0.25) is 10.1 Å². The standard InChI is InChI=1S/C15H22N2OS/c1-4-11-14(18)17(9-15(3)7-8-15)13(16-11)12-6-5-10(2)19-12/h5-6,11,13,16H,4,7-9H2,1-3H3. The summed E-state index contributed by atoms with van der Waals surface area (Å²) in [6.07, 6.45) is 3.47. The minimum atomic E-state index is -0.00486. The highest BCUT2D eigenvalue weighted by molar-refractivity contribution is 7.12. The van der Waals surface area contributed by atoms with Gasteiger partial charge in [-0.15, -0.1) is 11.3 Å². The number of nitrogens with zero attached hydrogens (tertiary/aromatic N) is 1. The summed E-state index contributed by atoms with van der Waals surface area (Å²) in [5.74, 6) is 0.284. The zero-order valence-electron chi connectivity index (χ0n) is 11.9. The van der Waals surface area contributed by atoms with Crippen LogP contribution < -0.4 is 5.32 Å². The van der Waals surface area contributed by atoms with Crippen LogP contribution in [0.4, 0.5) is 0 Å². The maximum atomic E-state index is 12.5. The van der Waals surface area contributed by atoms with Gasteiger partial charge in [0.25, 0.3) is 0 Å². The third-order valence-electron chi connectivity index (χ3n) is 4.35. The lowest BCUT2D eigenvalue weighted by molar-refractivity contribution is -0.130. The summed E-state index contributed by atoms with van der Waals surface area (Å²) in [7, 11) is 0. The van der Waals surface area contributed by atoms with Gasteiger partial charge in [-0.1, -0.05) is 13.8 Å². The molecule has 1 N–H and O–H groups in total. The summed E-state index contributed by atoms with van der Waals surface area (Å²) in [5.41, 5.74) is 0.366. The van der Waals surface area contributed by atoms with E-state index < -0.39 is 0 Å². The van der Waals surface area contributed by atoms with E-state index in [-0.39, 0.29) is 18.1 Å². The summed E-state index contributed by atoms with van der Waals surface area (Å²) >= 11 is 1.79. The van der Waals surface area contributed by atoms with Crippen molar-refractivity contribution in [3.63, 3.8) is 0 Å². The van der Waals surface area contributed by atoms with E-state index in [1.165, 1.54) is 22.6 Å². The Kier molecular flexibility index (Phi) is 3.18. The molecule has 0 aromatic carbocycles. The lowest BCUT2D eigenvalue weighted by atomic mass is 10.1. The smallest absolute Gasteiger partial charge is 0.241 e. The maximum absolute atomic E-state index is 12.5. The van der Waals surface area contributed by atoms with Crippen LogP contribution in [0.25, 0.3) is 0 Å². The highest BCUT2D eigenvalue weighted by Crippen LogP contribution is 2.47. The van der Waals surface area contributed by atoms with Gasteiger partial charge in [0.2, 0.25) is 5.91 Å². The number of hydrogen-bond acceptors (Lipinski definition) is 3. The average Bonchev–Trinajstić information content (AvgIpc) is 2.81. The normalized spacial score (nSPS) is 29.0. The Hall–Kier alpha value is -0.870. The van der Waals surface area contributed by atoms with E-state index in [2.05, 4.69) is 43.1 Å². The molecule has 1 saturated heterocycles. The van der Waals surface area contributed by atoms with Crippen molar-refractivity contribution in [2.45, 2.75) is 52.2 Å². The zero-order valence-corrected chi connectivity index (χ0v) is 12.7. The molecule has 1 aromatic heterocycles. The highest BCUT2D eigenvalue weighted by Gasteiger charge is 2.46. The van der Waals surface area contributed by atoms with Gasteiger partial charge in [-0.2, -0.15) is 0 Å². The molecule has 2 fully saturated rings. The van der Waals surface area contributed by atoms with Crippen LogP contribution in [0.3, 0.4) is 0 Å². The van der Waals surface area contributed by atoms with Crippen LogP contribution in [-0.4, -0.2) is 23.4 Å². The van der Waals surface area contributed by atoms with E-state index in [1.54, 1.807) is 11.3 Å². The number of thiophene rings is 1. The molecule has 2 aliphatic rings. The van der Waals surface area contributed by atoms with Crippen LogP contribution in [0.2, 0.25) is 0 Å². The Morgan fingerprint density at radius 1 is 1.47 bits per heavy atom. The Morgan fingerprint density at radius 3 is 2.74 bits per heavy atom. The summed E-state index contributed by atoms with van der Waals surface area (Å²) in [5, 5.41) is 3.51. The van der Waals surface area contributed by atoms with Crippen molar-refractivity contribution in [3.8, 4) is 0 Å². The van der Waals surface area contributed by atoms with Gasteiger partial charge in [0.15, 0.2) is 0 Å². The molecule has 1 aromatic rings. The predicted molar refractivity (Wildman–Crippen MR) is 78.1 cm³/mol. The van der Waals surface area contributed by atoms with Gasteiger partial charge in [0, 0.05) is 16.3 Å². The van der Waals surface area contributed by atoms with E-state index in [0.717, 1.165) is 13.0 Å². The molecule has 2 atom stereocenters. The van der Waals surface area contributed by atoms with E-state index >= 15 is 0 Å². The number of hydrogen-bond donors (Lipinski definition) is 1. The molecular formula is C15H22N2OS. The SMILES string of the molecule is CCC1NC(c2ccc(C)s2)N(CC2(C)CC2)C1=O. The Bertz CT molecular complexity index is 492. The van der Waals surface area contributed by atoms with Crippen LogP contribution in [0.1, 0.15) is 49.0 Å². The maximum Gasteiger partial charge on any atom is 0.241 e. The summed E-state index contributed by atoms with van der Waals surface area (Å²) in [4.78, 5) is 17.2. The fraction of sp³-hybridized carbons (Fsp3) is 0.667. The highest BCUT2D eigenvalue weighted by atomic mass is 32.1. The molecular weight excluding hydrogens is 256 g/mol. The number of rotatable bonds is 4. The molecule has 3 nitrogen and oxygen atoms in total. The second-order valence-electron chi connectivity index (χ2n) is 6.26. The van der Waals surface area contributed by atoms with Gasteiger partial charge in [-0.05, 0) is 43.7 Å². The van der Waals surface area contributed by atoms with Gasteiger partial charge < -0.3 is 4.90 Å².